The summed E-state index contributed by atoms with van der Waals surface area (Å²) in [7, 11) is 1.75. The van der Waals surface area contributed by atoms with Crippen molar-refractivity contribution in [3.8, 4) is 0 Å². The van der Waals surface area contributed by atoms with Crippen LogP contribution in [0.15, 0.2) is 0 Å². The molecule has 110 valence electrons. The first-order valence-corrected chi connectivity index (χ1v) is 7.53. The average Bonchev–Trinajstić information content (AvgIpc) is 2.30. The van der Waals surface area contributed by atoms with Crippen LogP contribution in [0.4, 0.5) is 0 Å². The second kappa shape index (κ2) is 10.8. The fourth-order valence-electron chi connectivity index (χ4n) is 2.53. The van der Waals surface area contributed by atoms with Gasteiger partial charge in [-0.15, -0.1) is 0 Å². The van der Waals surface area contributed by atoms with Gasteiger partial charge in [0.2, 0.25) is 0 Å². The molecule has 0 spiro atoms. The second-order valence-electron chi connectivity index (χ2n) is 5.71. The average molecular weight is 258 g/mol. The summed E-state index contributed by atoms with van der Waals surface area (Å²) in [6.07, 6.45) is 4.56. The highest BCUT2D eigenvalue weighted by molar-refractivity contribution is 4.75. The van der Waals surface area contributed by atoms with E-state index in [1.165, 1.54) is 12.8 Å². The van der Waals surface area contributed by atoms with E-state index in [-0.39, 0.29) is 6.04 Å². The molecular weight excluding hydrogens is 224 g/mol. The molecule has 0 radical (unpaired) electrons. The van der Waals surface area contributed by atoms with E-state index in [9.17, 15) is 0 Å². The Hall–Kier alpha value is -0.120. The smallest absolute Gasteiger partial charge is 0.0462 e. The predicted octanol–water partition coefficient (Wildman–Crippen LogP) is 2.89. The Kier molecular flexibility index (Phi) is 10.7. The Labute approximate surface area is 114 Å². The number of methoxy groups -OCH3 is 1. The van der Waals surface area contributed by atoms with Gasteiger partial charge in [-0.3, -0.25) is 4.90 Å². The minimum Gasteiger partial charge on any atom is -0.385 e. The molecule has 0 rings (SSSR count). The molecular formula is C15H34N2O. The zero-order chi connectivity index (χ0) is 14.0. The van der Waals surface area contributed by atoms with Crippen LogP contribution in [0.2, 0.25) is 0 Å². The van der Waals surface area contributed by atoms with E-state index in [1.807, 2.05) is 0 Å². The van der Waals surface area contributed by atoms with Gasteiger partial charge < -0.3 is 10.5 Å². The minimum absolute atomic E-state index is 0.277. The molecule has 0 saturated heterocycles. The maximum atomic E-state index is 6.24. The van der Waals surface area contributed by atoms with Gasteiger partial charge in [0, 0.05) is 38.9 Å². The highest BCUT2D eigenvalue weighted by Crippen LogP contribution is 2.12. The highest BCUT2D eigenvalue weighted by Gasteiger charge is 2.18. The minimum atomic E-state index is 0.277. The zero-order valence-corrected chi connectivity index (χ0v) is 13.1. The van der Waals surface area contributed by atoms with Crippen LogP contribution < -0.4 is 5.73 Å². The number of nitrogens with zero attached hydrogens (tertiary/aromatic N) is 1. The van der Waals surface area contributed by atoms with Crippen molar-refractivity contribution in [2.24, 2.45) is 11.7 Å². The fraction of sp³-hybridized carbons (Fsp3) is 1.00. The van der Waals surface area contributed by atoms with Gasteiger partial charge in [-0.2, -0.15) is 0 Å². The largest absolute Gasteiger partial charge is 0.385 e. The lowest BCUT2D eigenvalue weighted by atomic mass is 10.0. The Bertz CT molecular complexity index is 181. The zero-order valence-electron chi connectivity index (χ0n) is 13.1. The Morgan fingerprint density at radius 1 is 1.11 bits per heavy atom. The van der Waals surface area contributed by atoms with E-state index in [2.05, 4.69) is 32.6 Å². The second-order valence-corrected chi connectivity index (χ2v) is 5.71. The Morgan fingerprint density at radius 3 is 2.17 bits per heavy atom. The summed E-state index contributed by atoms with van der Waals surface area (Å²) >= 11 is 0. The Morgan fingerprint density at radius 2 is 1.72 bits per heavy atom. The van der Waals surface area contributed by atoms with Crippen molar-refractivity contribution in [1.29, 1.82) is 0 Å². The van der Waals surface area contributed by atoms with Crippen LogP contribution in [-0.4, -0.2) is 43.8 Å². The van der Waals surface area contributed by atoms with Gasteiger partial charge in [0.1, 0.15) is 0 Å². The van der Waals surface area contributed by atoms with Crippen LogP contribution in [0.3, 0.4) is 0 Å². The van der Waals surface area contributed by atoms with Crippen molar-refractivity contribution in [3.63, 3.8) is 0 Å². The molecule has 0 heterocycles. The predicted molar refractivity (Wildman–Crippen MR) is 79.9 cm³/mol. The first kappa shape index (κ1) is 17.9. The quantitative estimate of drug-likeness (QED) is 0.579. The first-order valence-electron chi connectivity index (χ1n) is 7.53. The SMILES string of the molecule is CCC(CC)N(CC(C)C)CC(N)CCCOC. The molecule has 0 fully saturated rings. The normalized spacial score (nSPS) is 13.8. The maximum absolute atomic E-state index is 6.24. The van der Waals surface area contributed by atoms with Gasteiger partial charge in [0.05, 0.1) is 0 Å². The van der Waals surface area contributed by atoms with Crippen LogP contribution in [-0.2, 0) is 4.74 Å². The molecule has 18 heavy (non-hydrogen) atoms. The molecule has 0 aromatic rings. The molecule has 1 atom stereocenters. The van der Waals surface area contributed by atoms with Crippen molar-refractivity contribution in [3.05, 3.63) is 0 Å². The molecule has 0 aliphatic heterocycles. The summed E-state index contributed by atoms with van der Waals surface area (Å²) in [5.41, 5.74) is 6.24. The van der Waals surface area contributed by atoms with E-state index >= 15 is 0 Å². The third kappa shape index (κ3) is 8.06. The van der Waals surface area contributed by atoms with Gasteiger partial charge in [-0.25, -0.2) is 0 Å². The summed E-state index contributed by atoms with van der Waals surface area (Å²) in [5, 5.41) is 0. The van der Waals surface area contributed by atoms with Crippen molar-refractivity contribution < 1.29 is 4.74 Å². The van der Waals surface area contributed by atoms with E-state index in [4.69, 9.17) is 10.5 Å². The van der Waals surface area contributed by atoms with Gasteiger partial charge >= 0.3 is 0 Å². The topological polar surface area (TPSA) is 38.5 Å². The molecule has 0 aliphatic carbocycles. The number of rotatable bonds is 11. The third-order valence-electron chi connectivity index (χ3n) is 3.45. The van der Waals surface area contributed by atoms with Crippen LogP contribution >= 0.6 is 0 Å². The Balaban J connectivity index is 4.20. The van der Waals surface area contributed by atoms with Crippen LogP contribution in [0.1, 0.15) is 53.4 Å². The number of hydrogen-bond donors (Lipinski definition) is 1. The molecule has 3 nitrogen and oxygen atoms in total. The monoisotopic (exact) mass is 258 g/mol. The summed E-state index contributed by atoms with van der Waals surface area (Å²) in [6, 6.07) is 0.959. The van der Waals surface area contributed by atoms with Crippen molar-refractivity contribution in [2.75, 3.05) is 26.8 Å². The lowest BCUT2D eigenvalue weighted by Gasteiger charge is -2.34. The van der Waals surface area contributed by atoms with Gasteiger partial charge in [0.15, 0.2) is 0 Å². The van der Waals surface area contributed by atoms with Crippen LogP contribution in [0, 0.1) is 5.92 Å². The third-order valence-corrected chi connectivity index (χ3v) is 3.45. The molecule has 0 aliphatic rings. The molecule has 2 N–H and O–H groups in total. The van der Waals surface area contributed by atoms with Crippen molar-refractivity contribution >= 4 is 0 Å². The van der Waals surface area contributed by atoms with E-state index in [0.29, 0.717) is 12.0 Å². The van der Waals surface area contributed by atoms with Crippen LogP contribution in [0.25, 0.3) is 0 Å². The number of hydrogen-bond acceptors (Lipinski definition) is 3. The molecule has 0 bridgehead atoms. The molecule has 0 saturated carbocycles. The molecule has 3 heteroatoms. The summed E-state index contributed by atoms with van der Waals surface area (Å²) in [4.78, 5) is 2.59. The standard InChI is InChI=1S/C15H34N2O/c1-6-15(7-2)17(11-13(3)4)12-14(16)9-8-10-18-5/h13-15H,6-12,16H2,1-5H3. The van der Waals surface area contributed by atoms with Gasteiger partial charge in [-0.1, -0.05) is 27.7 Å². The molecule has 0 amide bonds. The molecule has 0 aromatic heterocycles. The number of ether oxygens (including phenoxy) is 1. The van der Waals surface area contributed by atoms with Gasteiger partial charge in [-0.05, 0) is 31.6 Å². The summed E-state index contributed by atoms with van der Waals surface area (Å²) in [6.45, 7) is 12.1. The van der Waals surface area contributed by atoms with Gasteiger partial charge in [0.25, 0.3) is 0 Å². The summed E-state index contributed by atoms with van der Waals surface area (Å²) in [5.74, 6) is 0.705. The maximum Gasteiger partial charge on any atom is 0.0462 e. The van der Waals surface area contributed by atoms with E-state index < -0.39 is 0 Å². The van der Waals surface area contributed by atoms with Crippen molar-refractivity contribution in [2.45, 2.75) is 65.5 Å². The lowest BCUT2D eigenvalue weighted by Crippen LogP contribution is -2.44. The lowest BCUT2D eigenvalue weighted by molar-refractivity contribution is 0.147. The van der Waals surface area contributed by atoms with Crippen LogP contribution in [0.5, 0.6) is 0 Å². The number of nitrogens with two attached hydrogens (primary N) is 1. The van der Waals surface area contributed by atoms with Crippen molar-refractivity contribution in [1.82, 2.24) is 4.90 Å². The summed E-state index contributed by atoms with van der Waals surface area (Å²) < 4.78 is 5.08. The highest BCUT2D eigenvalue weighted by atomic mass is 16.5. The van der Waals surface area contributed by atoms with E-state index in [0.717, 1.165) is 32.5 Å². The van der Waals surface area contributed by atoms with E-state index in [1.54, 1.807) is 7.11 Å². The molecule has 1 unspecified atom stereocenters. The first-order chi connectivity index (χ1) is 8.54. The molecule has 0 aromatic carbocycles. The fourth-order valence-corrected chi connectivity index (χ4v) is 2.53.